The van der Waals surface area contributed by atoms with Gasteiger partial charge in [0.05, 0.1) is 5.69 Å². The van der Waals surface area contributed by atoms with E-state index in [1.807, 2.05) is 60.1 Å². The van der Waals surface area contributed by atoms with Crippen LogP contribution in [0, 0.1) is 6.92 Å². The van der Waals surface area contributed by atoms with Gasteiger partial charge in [-0.05, 0) is 55.0 Å². The van der Waals surface area contributed by atoms with Crippen molar-refractivity contribution in [2.24, 2.45) is 0 Å². The average molecular weight is 361 g/mol. The number of aromatic nitrogens is 2. The van der Waals surface area contributed by atoms with Crippen molar-refractivity contribution >= 4 is 17.7 Å². The number of nitrogens with zero attached hydrogens (tertiary/aromatic N) is 2. The highest BCUT2D eigenvalue weighted by molar-refractivity contribution is 6.02. The van der Waals surface area contributed by atoms with E-state index in [0.29, 0.717) is 24.7 Å². The lowest BCUT2D eigenvalue weighted by molar-refractivity contribution is -0.111. The Balaban J connectivity index is 1.45. The lowest BCUT2D eigenvalue weighted by Gasteiger charge is -2.18. The highest BCUT2D eigenvalue weighted by Crippen LogP contribution is 2.31. The summed E-state index contributed by atoms with van der Waals surface area (Å²) in [4.78, 5) is 12.3. The van der Waals surface area contributed by atoms with Gasteiger partial charge in [0.2, 0.25) is 5.91 Å². The number of amides is 1. The van der Waals surface area contributed by atoms with Crippen molar-refractivity contribution in [2.75, 3.05) is 18.5 Å². The van der Waals surface area contributed by atoms with Crippen LogP contribution in [0.25, 0.3) is 11.8 Å². The van der Waals surface area contributed by atoms with Gasteiger partial charge in [-0.3, -0.25) is 4.79 Å². The fraction of sp³-hybridized carbons (Fsp3) is 0.143. The minimum Gasteiger partial charge on any atom is -0.486 e. The van der Waals surface area contributed by atoms with Crippen molar-refractivity contribution in [3.05, 3.63) is 72.1 Å². The Labute approximate surface area is 157 Å². The number of benzene rings is 2. The fourth-order valence-electron chi connectivity index (χ4n) is 2.87. The zero-order valence-corrected chi connectivity index (χ0v) is 14.9. The van der Waals surface area contributed by atoms with E-state index in [-0.39, 0.29) is 5.91 Å². The first-order valence-electron chi connectivity index (χ1n) is 8.69. The number of anilines is 1. The summed E-state index contributed by atoms with van der Waals surface area (Å²) in [5, 5.41) is 7.16. The van der Waals surface area contributed by atoms with Crippen molar-refractivity contribution < 1.29 is 14.3 Å². The lowest BCUT2D eigenvalue weighted by Crippen LogP contribution is -2.15. The first-order valence-corrected chi connectivity index (χ1v) is 8.69. The van der Waals surface area contributed by atoms with Gasteiger partial charge in [-0.15, -0.1) is 0 Å². The zero-order valence-electron chi connectivity index (χ0n) is 14.9. The summed E-state index contributed by atoms with van der Waals surface area (Å²) in [6.45, 7) is 3.07. The molecule has 136 valence electrons. The van der Waals surface area contributed by atoms with Crippen LogP contribution >= 0.6 is 0 Å². The first-order chi connectivity index (χ1) is 13.2. The van der Waals surface area contributed by atoms with Crippen LogP contribution in [0.4, 0.5) is 5.69 Å². The van der Waals surface area contributed by atoms with Crippen LogP contribution in [0.3, 0.4) is 0 Å². The summed E-state index contributed by atoms with van der Waals surface area (Å²) in [6.07, 6.45) is 4.99. The van der Waals surface area contributed by atoms with Gasteiger partial charge in [0.25, 0.3) is 0 Å². The second-order valence-electron chi connectivity index (χ2n) is 6.16. The molecule has 0 saturated carbocycles. The zero-order chi connectivity index (χ0) is 18.6. The standard InChI is InChI=1S/C21H19N3O3/c1-15-9-10-22-24(15)18-4-2-3-17(14-18)23-21(25)8-6-16-5-7-19-20(13-16)27-12-11-26-19/h2-10,13-14H,11-12H2,1H3,(H,23,25)/b8-6+. The van der Waals surface area contributed by atoms with Crippen LogP contribution in [-0.4, -0.2) is 28.9 Å². The highest BCUT2D eigenvalue weighted by Gasteiger charge is 2.11. The van der Waals surface area contributed by atoms with Gasteiger partial charge in [-0.25, -0.2) is 4.68 Å². The van der Waals surface area contributed by atoms with Crippen LogP contribution in [-0.2, 0) is 4.79 Å². The summed E-state index contributed by atoms with van der Waals surface area (Å²) in [7, 11) is 0. The van der Waals surface area contributed by atoms with Crippen LogP contribution in [0.5, 0.6) is 11.5 Å². The van der Waals surface area contributed by atoms with Crippen LogP contribution in [0.15, 0.2) is 60.8 Å². The normalized spacial score (nSPS) is 12.9. The molecule has 0 bridgehead atoms. The van der Waals surface area contributed by atoms with Crippen molar-refractivity contribution in [2.45, 2.75) is 6.92 Å². The number of hydrogen-bond acceptors (Lipinski definition) is 4. The minimum absolute atomic E-state index is 0.209. The highest BCUT2D eigenvalue weighted by atomic mass is 16.6. The van der Waals surface area contributed by atoms with Crippen molar-refractivity contribution in [1.82, 2.24) is 9.78 Å². The van der Waals surface area contributed by atoms with Crippen LogP contribution in [0.2, 0.25) is 0 Å². The molecule has 0 aliphatic carbocycles. The number of aryl methyl sites for hydroxylation is 1. The molecule has 27 heavy (non-hydrogen) atoms. The molecule has 1 aliphatic rings. The molecule has 6 heteroatoms. The van der Waals surface area contributed by atoms with Crippen LogP contribution in [0.1, 0.15) is 11.3 Å². The second kappa shape index (κ2) is 7.37. The molecule has 4 rings (SSSR count). The summed E-state index contributed by atoms with van der Waals surface area (Å²) in [6, 6.07) is 15.1. The van der Waals surface area contributed by atoms with E-state index in [4.69, 9.17) is 9.47 Å². The SMILES string of the molecule is Cc1ccnn1-c1cccc(NC(=O)/C=C/c2ccc3c(c2)OCCO3)c1. The third-order valence-corrected chi connectivity index (χ3v) is 4.18. The Morgan fingerprint density at radius 2 is 1.96 bits per heavy atom. The second-order valence-corrected chi connectivity index (χ2v) is 6.16. The molecule has 0 fully saturated rings. The number of fused-ring (bicyclic) bond motifs is 1. The Hall–Kier alpha value is -3.54. The summed E-state index contributed by atoms with van der Waals surface area (Å²) < 4.78 is 12.9. The Morgan fingerprint density at radius 1 is 1.11 bits per heavy atom. The van der Waals surface area contributed by atoms with Crippen molar-refractivity contribution in [3.63, 3.8) is 0 Å². The third-order valence-electron chi connectivity index (χ3n) is 4.18. The van der Waals surface area contributed by atoms with Crippen LogP contribution < -0.4 is 14.8 Å². The Kier molecular flexibility index (Phi) is 4.61. The van der Waals surface area contributed by atoms with E-state index in [1.165, 1.54) is 6.08 Å². The van der Waals surface area contributed by atoms with Crippen molar-refractivity contribution in [3.8, 4) is 17.2 Å². The molecule has 3 aromatic rings. The molecule has 0 radical (unpaired) electrons. The van der Waals surface area contributed by atoms with Gasteiger partial charge < -0.3 is 14.8 Å². The molecule has 6 nitrogen and oxygen atoms in total. The monoisotopic (exact) mass is 361 g/mol. The lowest BCUT2D eigenvalue weighted by atomic mass is 10.2. The van der Waals surface area contributed by atoms with E-state index < -0.39 is 0 Å². The molecule has 2 heterocycles. The Bertz CT molecular complexity index is 1010. The van der Waals surface area contributed by atoms with Gasteiger partial charge in [0.15, 0.2) is 11.5 Å². The maximum absolute atomic E-state index is 12.3. The van der Waals surface area contributed by atoms with E-state index in [1.54, 1.807) is 12.3 Å². The van der Waals surface area contributed by atoms with E-state index in [2.05, 4.69) is 10.4 Å². The average Bonchev–Trinajstić information content (AvgIpc) is 3.12. The number of ether oxygens (including phenoxy) is 2. The number of nitrogens with one attached hydrogen (secondary N) is 1. The first kappa shape index (κ1) is 16.9. The molecule has 2 aromatic carbocycles. The summed E-state index contributed by atoms with van der Waals surface area (Å²) in [5.41, 5.74) is 3.50. The van der Waals surface area contributed by atoms with E-state index in [9.17, 15) is 4.79 Å². The van der Waals surface area contributed by atoms with Gasteiger partial charge >= 0.3 is 0 Å². The summed E-state index contributed by atoms with van der Waals surface area (Å²) in [5.74, 6) is 1.22. The largest absolute Gasteiger partial charge is 0.486 e. The number of rotatable bonds is 4. The fourth-order valence-corrected chi connectivity index (χ4v) is 2.87. The topological polar surface area (TPSA) is 65.4 Å². The maximum Gasteiger partial charge on any atom is 0.248 e. The van der Waals surface area contributed by atoms with Gasteiger partial charge in [0, 0.05) is 23.7 Å². The molecule has 0 unspecified atom stereocenters. The number of carbonyl (C=O) groups excluding carboxylic acids is 1. The van der Waals surface area contributed by atoms with E-state index >= 15 is 0 Å². The predicted molar refractivity (Wildman–Crippen MR) is 103 cm³/mol. The number of carbonyl (C=O) groups is 1. The van der Waals surface area contributed by atoms with Gasteiger partial charge in [-0.2, -0.15) is 5.10 Å². The van der Waals surface area contributed by atoms with Crippen molar-refractivity contribution in [1.29, 1.82) is 0 Å². The maximum atomic E-state index is 12.3. The van der Waals surface area contributed by atoms with Gasteiger partial charge in [0.1, 0.15) is 13.2 Å². The van der Waals surface area contributed by atoms with Gasteiger partial charge in [-0.1, -0.05) is 12.1 Å². The molecule has 0 saturated heterocycles. The van der Waals surface area contributed by atoms with E-state index in [0.717, 1.165) is 22.7 Å². The molecule has 1 N–H and O–H groups in total. The Morgan fingerprint density at radius 3 is 2.78 bits per heavy atom. The predicted octanol–water partition coefficient (Wildman–Crippen LogP) is 3.60. The molecular weight excluding hydrogens is 342 g/mol. The third kappa shape index (κ3) is 3.84. The molecule has 1 aromatic heterocycles. The molecular formula is C21H19N3O3. The summed E-state index contributed by atoms with van der Waals surface area (Å²) >= 11 is 0. The smallest absolute Gasteiger partial charge is 0.248 e. The number of hydrogen-bond donors (Lipinski definition) is 1. The minimum atomic E-state index is -0.209. The molecule has 1 aliphatic heterocycles. The quantitative estimate of drug-likeness (QED) is 0.721. The molecule has 0 spiro atoms. The molecule has 0 atom stereocenters. The molecule has 1 amide bonds.